The van der Waals surface area contributed by atoms with Crippen LogP contribution in [0.2, 0.25) is 0 Å². The summed E-state index contributed by atoms with van der Waals surface area (Å²) in [6, 6.07) is 9.97. The monoisotopic (exact) mass is 269 g/mol. The summed E-state index contributed by atoms with van der Waals surface area (Å²) in [5.74, 6) is 2.76. The van der Waals surface area contributed by atoms with E-state index < -0.39 is 0 Å². The van der Waals surface area contributed by atoms with Gasteiger partial charge in [0.2, 0.25) is 0 Å². The van der Waals surface area contributed by atoms with Gasteiger partial charge in [-0.15, -0.1) is 0 Å². The van der Waals surface area contributed by atoms with Gasteiger partial charge in [0.1, 0.15) is 0 Å². The molecule has 0 amide bonds. The summed E-state index contributed by atoms with van der Waals surface area (Å²) in [6.45, 7) is 1.29. The summed E-state index contributed by atoms with van der Waals surface area (Å²) in [5.41, 5.74) is 3.26. The van der Waals surface area contributed by atoms with Crippen LogP contribution in [0.3, 0.4) is 0 Å². The first-order valence-electron chi connectivity index (χ1n) is 8.70. The Morgan fingerprint density at radius 2 is 1.45 bits per heavy atom. The van der Waals surface area contributed by atoms with Crippen molar-refractivity contribution < 1.29 is 0 Å². The summed E-state index contributed by atoms with van der Waals surface area (Å²) in [4.78, 5) is 0. The van der Waals surface area contributed by atoms with E-state index in [0.29, 0.717) is 0 Å². The van der Waals surface area contributed by atoms with Crippen molar-refractivity contribution in [1.29, 1.82) is 0 Å². The van der Waals surface area contributed by atoms with Crippen molar-refractivity contribution in [3.05, 3.63) is 35.4 Å². The van der Waals surface area contributed by atoms with Gasteiger partial charge in [-0.25, -0.2) is 0 Å². The van der Waals surface area contributed by atoms with Crippen LogP contribution in [0.25, 0.3) is 0 Å². The lowest BCUT2D eigenvalue weighted by molar-refractivity contribution is 0.319. The quantitative estimate of drug-likeness (QED) is 0.876. The van der Waals surface area contributed by atoms with Gasteiger partial charge in [-0.3, -0.25) is 0 Å². The van der Waals surface area contributed by atoms with Crippen molar-refractivity contribution in [3.63, 3.8) is 0 Å². The number of nitrogens with one attached hydrogen (secondary N) is 1. The fourth-order valence-corrected chi connectivity index (χ4v) is 5.00. The Kier molecular flexibility index (Phi) is 3.56. The van der Waals surface area contributed by atoms with Crippen molar-refractivity contribution in [2.75, 3.05) is 6.54 Å². The molecule has 1 nitrogen and oxygen atoms in total. The molecule has 2 atom stereocenters. The van der Waals surface area contributed by atoms with Crippen LogP contribution in [0.15, 0.2) is 24.3 Å². The molecule has 20 heavy (non-hydrogen) atoms. The molecule has 0 aromatic heterocycles. The largest absolute Gasteiger partial charge is 0.313 e. The van der Waals surface area contributed by atoms with E-state index in [1.54, 1.807) is 11.1 Å². The molecular weight excluding hydrogens is 242 g/mol. The molecule has 0 heterocycles. The topological polar surface area (TPSA) is 12.0 Å². The first kappa shape index (κ1) is 12.9. The average molecular weight is 269 g/mol. The molecule has 4 rings (SSSR count). The second-order valence-corrected chi connectivity index (χ2v) is 7.36. The third-order valence-corrected chi connectivity index (χ3v) is 6.12. The van der Waals surface area contributed by atoms with E-state index in [0.717, 1.165) is 23.8 Å². The van der Waals surface area contributed by atoms with Crippen LogP contribution in [0.1, 0.15) is 49.7 Å². The van der Waals surface area contributed by atoms with Gasteiger partial charge in [0, 0.05) is 6.04 Å². The van der Waals surface area contributed by atoms with Gasteiger partial charge in [-0.05, 0) is 74.0 Å². The molecule has 0 radical (unpaired) electrons. The minimum absolute atomic E-state index is 0.794. The Morgan fingerprint density at radius 3 is 2.05 bits per heavy atom. The number of hydrogen-bond donors (Lipinski definition) is 1. The predicted octanol–water partition coefficient (Wildman–Crippen LogP) is 3.96. The summed E-state index contributed by atoms with van der Waals surface area (Å²) in [6.07, 6.45) is 11.4. The van der Waals surface area contributed by atoms with E-state index in [1.807, 2.05) is 0 Å². The molecule has 0 spiro atoms. The van der Waals surface area contributed by atoms with Crippen LogP contribution in [-0.4, -0.2) is 12.6 Å². The van der Waals surface area contributed by atoms with Crippen molar-refractivity contribution in [1.82, 2.24) is 5.32 Å². The van der Waals surface area contributed by atoms with Crippen LogP contribution in [0.5, 0.6) is 0 Å². The SMILES string of the molecule is c1ccc2c(c1)CC1CCC(C2)C1NCC1CCCC1. The summed E-state index contributed by atoms with van der Waals surface area (Å²) >= 11 is 0. The van der Waals surface area contributed by atoms with Gasteiger partial charge in [-0.2, -0.15) is 0 Å². The van der Waals surface area contributed by atoms with Crippen molar-refractivity contribution >= 4 is 0 Å². The molecule has 3 aliphatic carbocycles. The lowest BCUT2D eigenvalue weighted by atomic mass is 9.94. The van der Waals surface area contributed by atoms with Gasteiger partial charge in [0.25, 0.3) is 0 Å². The predicted molar refractivity (Wildman–Crippen MR) is 83.8 cm³/mol. The van der Waals surface area contributed by atoms with Crippen molar-refractivity contribution in [2.24, 2.45) is 17.8 Å². The fourth-order valence-electron chi connectivity index (χ4n) is 5.00. The summed E-state index contributed by atoms with van der Waals surface area (Å²) in [7, 11) is 0. The molecule has 2 saturated carbocycles. The third-order valence-electron chi connectivity index (χ3n) is 6.12. The zero-order valence-corrected chi connectivity index (χ0v) is 12.5. The fraction of sp³-hybridized carbons (Fsp3) is 0.684. The van der Waals surface area contributed by atoms with Crippen LogP contribution < -0.4 is 5.32 Å². The van der Waals surface area contributed by atoms with Crippen LogP contribution >= 0.6 is 0 Å². The van der Waals surface area contributed by atoms with Gasteiger partial charge >= 0.3 is 0 Å². The van der Waals surface area contributed by atoms with E-state index in [4.69, 9.17) is 0 Å². The molecule has 0 aliphatic heterocycles. The Hall–Kier alpha value is -0.820. The number of rotatable bonds is 3. The van der Waals surface area contributed by atoms with Crippen LogP contribution in [0.4, 0.5) is 0 Å². The molecule has 1 aromatic rings. The lowest BCUT2D eigenvalue weighted by Gasteiger charge is -2.25. The summed E-state index contributed by atoms with van der Waals surface area (Å²) < 4.78 is 0. The molecule has 2 unspecified atom stereocenters. The minimum atomic E-state index is 0.794. The number of fused-ring (bicyclic) bond motifs is 3. The molecular formula is C19H27N. The maximum atomic E-state index is 4.00. The lowest BCUT2D eigenvalue weighted by Crippen LogP contribution is -2.40. The maximum absolute atomic E-state index is 4.00. The van der Waals surface area contributed by atoms with Gasteiger partial charge in [0.15, 0.2) is 0 Å². The molecule has 2 fully saturated rings. The van der Waals surface area contributed by atoms with E-state index in [9.17, 15) is 0 Å². The highest BCUT2D eigenvalue weighted by Crippen LogP contribution is 2.40. The highest BCUT2D eigenvalue weighted by atomic mass is 14.9. The molecule has 0 saturated heterocycles. The second kappa shape index (κ2) is 5.52. The van der Waals surface area contributed by atoms with Crippen molar-refractivity contribution in [2.45, 2.75) is 57.4 Å². The molecule has 2 bridgehead atoms. The highest BCUT2D eigenvalue weighted by molar-refractivity contribution is 5.30. The maximum Gasteiger partial charge on any atom is 0.0130 e. The molecule has 1 aromatic carbocycles. The van der Waals surface area contributed by atoms with E-state index in [2.05, 4.69) is 29.6 Å². The number of benzene rings is 1. The first-order valence-corrected chi connectivity index (χ1v) is 8.70. The van der Waals surface area contributed by atoms with Gasteiger partial charge in [0.05, 0.1) is 0 Å². The smallest absolute Gasteiger partial charge is 0.0130 e. The molecule has 1 heteroatoms. The standard InChI is InChI=1S/C19H27N/c1-2-6-14(5-1)13-20-19-17-9-10-18(19)12-16-8-4-3-7-15(16)11-17/h3-4,7-8,14,17-20H,1-2,5-6,9-13H2. The second-order valence-electron chi connectivity index (χ2n) is 7.36. The van der Waals surface area contributed by atoms with Crippen LogP contribution in [0, 0.1) is 17.8 Å². The van der Waals surface area contributed by atoms with Gasteiger partial charge in [-0.1, -0.05) is 37.1 Å². The third kappa shape index (κ3) is 2.41. The minimum Gasteiger partial charge on any atom is -0.313 e. The Bertz CT molecular complexity index is 428. The molecule has 3 aliphatic rings. The zero-order valence-electron chi connectivity index (χ0n) is 12.5. The molecule has 1 N–H and O–H groups in total. The van der Waals surface area contributed by atoms with Gasteiger partial charge < -0.3 is 5.32 Å². The van der Waals surface area contributed by atoms with Crippen LogP contribution in [-0.2, 0) is 12.8 Å². The Morgan fingerprint density at radius 1 is 0.850 bits per heavy atom. The summed E-state index contributed by atoms with van der Waals surface area (Å²) in [5, 5.41) is 4.00. The Balaban J connectivity index is 1.46. The number of hydrogen-bond acceptors (Lipinski definition) is 1. The zero-order chi connectivity index (χ0) is 13.4. The van der Waals surface area contributed by atoms with E-state index in [-0.39, 0.29) is 0 Å². The average Bonchev–Trinajstić information content (AvgIpc) is 3.04. The molecule has 108 valence electrons. The van der Waals surface area contributed by atoms with E-state index >= 15 is 0 Å². The Labute approximate surface area is 123 Å². The highest BCUT2D eigenvalue weighted by Gasteiger charge is 2.38. The van der Waals surface area contributed by atoms with Crippen molar-refractivity contribution in [3.8, 4) is 0 Å². The first-order chi connectivity index (χ1) is 9.90. The normalized spacial score (nSPS) is 33.1. The van der Waals surface area contributed by atoms with E-state index in [1.165, 1.54) is 57.9 Å².